The molecule has 0 saturated carbocycles. The lowest BCUT2D eigenvalue weighted by Gasteiger charge is -2.13. The summed E-state index contributed by atoms with van der Waals surface area (Å²) in [7, 11) is 0. The van der Waals surface area contributed by atoms with Crippen LogP contribution in [0.5, 0.6) is 5.75 Å². The number of hydrogen-bond donors (Lipinski definition) is 1. The van der Waals surface area contributed by atoms with Crippen molar-refractivity contribution in [3.05, 3.63) is 36.1 Å². The van der Waals surface area contributed by atoms with Gasteiger partial charge in [-0.05, 0) is 25.5 Å². The van der Waals surface area contributed by atoms with E-state index in [1.54, 1.807) is 18.6 Å². The summed E-state index contributed by atoms with van der Waals surface area (Å²) in [5.41, 5.74) is 1.61. The highest BCUT2D eigenvalue weighted by molar-refractivity contribution is 6.32. The average molecular weight is 291 g/mol. The molecular formula is C14H15ClN4O. The Morgan fingerprint density at radius 3 is 2.90 bits per heavy atom. The fraction of sp³-hybridized carbons (Fsp3) is 0.357. The molecule has 1 N–H and O–H groups in total. The van der Waals surface area contributed by atoms with E-state index in [4.69, 9.17) is 16.3 Å². The van der Waals surface area contributed by atoms with E-state index in [9.17, 15) is 0 Å². The molecule has 0 unspecified atom stereocenters. The van der Waals surface area contributed by atoms with Crippen molar-refractivity contribution in [1.29, 1.82) is 0 Å². The third-order valence-corrected chi connectivity index (χ3v) is 3.60. The first-order chi connectivity index (χ1) is 9.83. The number of pyridine rings is 1. The minimum atomic E-state index is 0.422. The second-order valence-corrected chi connectivity index (χ2v) is 5.10. The fourth-order valence-corrected chi connectivity index (χ4v) is 2.46. The Kier molecular flexibility index (Phi) is 4.08. The van der Waals surface area contributed by atoms with E-state index in [-0.39, 0.29) is 0 Å². The Morgan fingerprint density at radius 2 is 2.15 bits per heavy atom. The molecule has 5 nitrogen and oxygen atoms in total. The summed E-state index contributed by atoms with van der Waals surface area (Å²) in [6.45, 7) is 1.72. The molecule has 0 radical (unpaired) electrons. The van der Waals surface area contributed by atoms with Gasteiger partial charge >= 0.3 is 0 Å². The normalized spacial score (nSPS) is 18.1. The van der Waals surface area contributed by atoms with Gasteiger partial charge in [0.25, 0.3) is 0 Å². The first-order valence-corrected chi connectivity index (χ1v) is 6.98. The monoisotopic (exact) mass is 290 g/mol. The zero-order chi connectivity index (χ0) is 13.8. The summed E-state index contributed by atoms with van der Waals surface area (Å²) < 4.78 is 5.78. The van der Waals surface area contributed by atoms with Crippen molar-refractivity contribution in [3.8, 4) is 16.9 Å². The lowest BCUT2D eigenvalue weighted by atomic mass is 10.1. The van der Waals surface area contributed by atoms with Crippen LogP contribution in [0, 0.1) is 0 Å². The first-order valence-electron chi connectivity index (χ1n) is 6.60. The molecule has 20 heavy (non-hydrogen) atoms. The van der Waals surface area contributed by atoms with Gasteiger partial charge in [-0.25, -0.2) is 15.0 Å². The van der Waals surface area contributed by atoms with E-state index in [1.807, 2.05) is 6.07 Å². The number of nitrogens with zero attached hydrogens (tertiary/aromatic N) is 3. The zero-order valence-electron chi connectivity index (χ0n) is 10.9. The van der Waals surface area contributed by atoms with Crippen molar-refractivity contribution in [2.45, 2.75) is 18.9 Å². The molecule has 1 aliphatic rings. The molecule has 1 fully saturated rings. The zero-order valence-corrected chi connectivity index (χ0v) is 11.7. The van der Waals surface area contributed by atoms with Gasteiger partial charge in [0.05, 0.1) is 6.20 Å². The molecule has 104 valence electrons. The quantitative estimate of drug-likeness (QED) is 0.876. The molecule has 1 aliphatic heterocycles. The molecule has 0 spiro atoms. The minimum absolute atomic E-state index is 0.422. The molecule has 0 bridgehead atoms. The molecule has 3 heterocycles. The molecule has 2 aromatic heterocycles. The van der Waals surface area contributed by atoms with Crippen LogP contribution in [0.25, 0.3) is 11.1 Å². The van der Waals surface area contributed by atoms with Crippen LogP contribution in [0.1, 0.15) is 12.8 Å². The van der Waals surface area contributed by atoms with Crippen molar-refractivity contribution >= 4 is 11.6 Å². The van der Waals surface area contributed by atoms with Gasteiger partial charge in [0.15, 0.2) is 0 Å². The van der Waals surface area contributed by atoms with Crippen LogP contribution in [0.2, 0.25) is 5.15 Å². The van der Waals surface area contributed by atoms with Crippen molar-refractivity contribution in [2.24, 2.45) is 0 Å². The van der Waals surface area contributed by atoms with Crippen LogP contribution < -0.4 is 10.1 Å². The second kappa shape index (κ2) is 6.15. The van der Waals surface area contributed by atoms with Crippen molar-refractivity contribution in [3.63, 3.8) is 0 Å². The van der Waals surface area contributed by atoms with Crippen molar-refractivity contribution in [1.82, 2.24) is 20.3 Å². The van der Waals surface area contributed by atoms with Gasteiger partial charge in [0.2, 0.25) is 0 Å². The lowest BCUT2D eigenvalue weighted by Crippen LogP contribution is -2.28. The largest absolute Gasteiger partial charge is 0.490 e. The summed E-state index contributed by atoms with van der Waals surface area (Å²) in [6.07, 6.45) is 8.90. The Balaban J connectivity index is 1.76. The molecular weight excluding hydrogens is 276 g/mol. The number of halogens is 1. The number of nitrogens with one attached hydrogen (secondary N) is 1. The maximum atomic E-state index is 6.12. The minimum Gasteiger partial charge on any atom is -0.490 e. The first kappa shape index (κ1) is 13.3. The topological polar surface area (TPSA) is 59.9 Å². The highest BCUT2D eigenvalue weighted by atomic mass is 35.5. The van der Waals surface area contributed by atoms with Crippen LogP contribution in [-0.2, 0) is 0 Å². The van der Waals surface area contributed by atoms with Gasteiger partial charge in [-0.3, -0.25) is 0 Å². The van der Waals surface area contributed by atoms with Gasteiger partial charge in [-0.15, -0.1) is 0 Å². The SMILES string of the molecule is Clc1ncc(OC[C@H]2CCCN2)cc1-c1cncnc1. The van der Waals surface area contributed by atoms with E-state index in [1.165, 1.54) is 12.7 Å². The van der Waals surface area contributed by atoms with Gasteiger partial charge in [-0.2, -0.15) is 0 Å². The fourth-order valence-electron chi connectivity index (χ4n) is 2.24. The molecule has 2 aromatic rings. The Bertz CT molecular complexity index is 573. The van der Waals surface area contributed by atoms with Gasteiger partial charge in [0, 0.05) is 29.6 Å². The molecule has 0 aliphatic carbocycles. The van der Waals surface area contributed by atoms with E-state index in [0.29, 0.717) is 23.6 Å². The molecule has 3 rings (SSSR count). The molecule has 0 aromatic carbocycles. The van der Waals surface area contributed by atoms with Crippen molar-refractivity contribution in [2.75, 3.05) is 13.2 Å². The molecule has 1 saturated heterocycles. The summed E-state index contributed by atoms with van der Waals surface area (Å²) >= 11 is 6.12. The van der Waals surface area contributed by atoms with E-state index >= 15 is 0 Å². The standard InChI is InChI=1S/C14H15ClN4O/c15-14-13(10-5-16-9-17-6-10)4-12(7-19-14)20-8-11-2-1-3-18-11/h4-7,9,11,18H,1-3,8H2/t11-/m1/s1. The van der Waals surface area contributed by atoms with Crippen LogP contribution >= 0.6 is 11.6 Å². The lowest BCUT2D eigenvalue weighted by molar-refractivity contribution is 0.276. The van der Waals surface area contributed by atoms with Gasteiger partial charge in [0.1, 0.15) is 23.8 Å². The number of hydrogen-bond acceptors (Lipinski definition) is 5. The molecule has 1 atom stereocenters. The summed E-state index contributed by atoms with van der Waals surface area (Å²) in [5, 5.41) is 3.82. The Hall–Kier alpha value is -1.72. The third kappa shape index (κ3) is 3.05. The van der Waals surface area contributed by atoms with Crippen LogP contribution in [0.4, 0.5) is 0 Å². The van der Waals surface area contributed by atoms with Crippen LogP contribution in [0.3, 0.4) is 0 Å². The van der Waals surface area contributed by atoms with Crippen molar-refractivity contribution < 1.29 is 4.74 Å². The Morgan fingerprint density at radius 1 is 1.30 bits per heavy atom. The van der Waals surface area contributed by atoms with Gasteiger partial charge < -0.3 is 10.1 Å². The van der Waals surface area contributed by atoms with E-state index < -0.39 is 0 Å². The number of rotatable bonds is 4. The highest BCUT2D eigenvalue weighted by Gasteiger charge is 2.15. The Labute approximate surface area is 122 Å². The maximum Gasteiger partial charge on any atom is 0.138 e. The maximum absolute atomic E-state index is 6.12. The second-order valence-electron chi connectivity index (χ2n) is 4.74. The summed E-state index contributed by atoms with van der Waals surface area (Å²) in [5.74, 6) is 0.710. The van der Waals surface area contributed by atoms with Crippen LogP contribution in [0.15, 0.2) is 31.0 Å². The van der Waals surface area contributed by atoms with Crippen LogP contribution in [-0.4, -0.2) is 34.1 Å². The van der Waals surface area contributed by atoms with E-state index in [0.717, 1.165) is 24.1 Å². The number of aromatic nitrogens is 3. The summed E-state index contributed by atoms with van der Waals surface area (Å²) in [6, 6.07) is 2.30. The average Bonchev–Trinajstić information content (AvgIpc) is 3.01. The number of ether oxygens (including phenoxy) is 1. The predicted octanol–water partition coefficient (Wildman–Crippen LogP) is 2.32. The smallest absolute Gasteiger partial charge is 0.138 e. The molecule has 6 heteroatoms. The summed E-state index contributed by atoms with van der Waals surface area (Å²) in [4.78, 5) is 12.2. The highest BCUT2D eigenvalue weighted by Crippen LogP contribution is 2.28. The van der Waals surface area contributed by atoms with Gasteiger partial charge in [-0.1, -0.05) is 11.6 Å². The third-order valence-electron chi connectivity index (χ3n) is 3.30. The molecule has 0 amide bonds. The van der Waals surface area contributed by atoms with E-state index in [2.05, 4.69) is 20.3 Å². The predicted molar refractivity (Wildman–Crippen MR) is 76.8 cm³/mol.